The normalized spacial score (nSPS) is 13.3. The molecule has 0 fully saturated rings. The van der Waals surface area contributed by atoms with Gasteiger partial charge in [0.25, 0.3) is 5.69 Å². The molecule has 0 bridgehead atoms. The number of hydrogen-bond donors (Lipinski definition) is 0. The fourth-order valence-corrected chi connectivity index (χ4v) is 3.38. The van der Waals surface area contributed by atoms with Gasteiger partial charge in [0, 0.05) is 11.9 Å². The maximum absolute atomic E-state index is 12.1. The van der Waals surface area contributed by atoms with Crippen molar-refractivity contribution in [1.29, 1.82) is 0 Å². The molecule has 0 N–H and O–H groups in total. The number of halogens is 3. The van der Waals surface area contributed by atoms with E-state index in [1.807, 2.05) is 0 Å². The summed E-state index contributed by atoms with van der Waals surface area (Å²) in [6.07, 6.45) is 0. The Kier molecular flexibility index (Phi) is 4.83. The first-order valence-corrected chi connectivity index (χ1v) is 7.48. The van der Waals surface area contributed by atoms with E-state index in [9.17, 15) is 18.5 Å². The molecular weight excluding hydrogens is 325 g/mol. The van der Waals surface area contributed by atoms with Crippen LogP contribution in [-0.2, 0) is 9.84 Å². The number of hydrogen-bond acceptors (Lipinski definition) is 4. The van der Waals surface area contributed by atoms with Crippen LogP contribution in [0.15, 0.2) is 17.0 Å². The van der Waals surface area contributed by atoms with Crippen molar-refractivity contribution in [2.75, 3.05) is 5.88 Å². The molecule has 18 heavy (non-hydrogen) atoms. The number of nitro benzene ring substituents is 1. The second kappa shape index (κ2) is 5.61. The Morgan fingerprint density at radius 1 is 1.33 bits per heavy atom. The van der Waals surface area contributed by atoms with Crippen molar-refractivity contribution in [3.05, 3.63) is 32.3 Å². The number of rotatable bonds is 4. The van der Waals surface area contributed by atoms with Gasteiger partial charge in [-0.05, 0) is 13.0 Å². The minimum Gasteiger partial charge on any atom is -0.258 e. The molecule has 0 aliphatic rings. The molecule has 1 aromatic carbocycles. The Hall–Kier alpha value is -0.560. The van der Waals surface area contributed by atoms with Crippen molar-refractivity contribution in [1.82, 2.24) is 0 Å². The molecule has 1 unspecified atom stereocenters. The lowest BCUT2D eigenvalue weighted by Crippen LogP contribution is -2.20. The summed E-state index contributed by atoms with van der Waals surface area (Å²) < 4.78 is 24.1. The lowest BCUT2D eigenvalue weighted by Gasteiger charge is -2.10. The number of alkyl halides is 1. The maximum Gasteiger partial charge on any atom is 0.289 e. The van der Waals surface area contributed by atoms with Gasteiger partial charge < -0.3 is 0 Å². The highest BCUT2D eigenvalue weighted by molar-refractivity contribution is 7.92. The van der Waals surface area contributed by atoms with Crippen LogP contribution in [0.1, 0.15) is 6.92 Å². The van der Waals surface area contributed by atoms with Crippen LogP contribution in [0, 0.1) is 10.1 Å². The van der Waals surface area contributed by atoms with Crippen LogP contribution in [0.25, 0.3) is 0 Å². The zero-order valence-electron chi connectivity index (χ0n) is 9.06. The zero-order chi connectivity index (χ0) is 14.1. The SMILES string of the molecule is CC(CCl)S(=O)(=O)c1cc(Cl)c(Cl)cc1[N+](=O)[O-]. The van der Waals surface area contributed by atoms with Crippen molar-refractivity contribution >= 4 is 50.3 Å². The van der Waals surface area contributed by atoms with Gasteiger partial charge in [0.1, 0.15) is 4.90 Å². The minimum atomic E-state index is -3.92. The van der Waals surface area contributed by atoms with Gasteiger partial charge in [0.15, 0.2) is 9.84 Å². The summed E-state index contributed by atoms with van der Waals surface area (Å²) in [7, 11) is -3.92. The Morgan fingerprint density at radius 2 is 1.83 bits per heavy atom. The molecule has 0 saturated heterocycles. The number of nitro groups is 1. The van der Waals surface area contributed by atoms with E-state index >= 15 is 0 Å². The van der Waals surface area contributed by atoms with E-state index < -0.39 is 30.6 Å². The molecule has 0 aliphatic carbocycles. The Morgan fingerprint density at radius 3 is 2.28 bits per heavy atom. The highest BCUT2D eigenvalue weighted by atomic mass is 35.5. The van der Waals surface area contributed by atoms with Gasteiger partial charge in [-0.1, -0.05) is 23.2 Å². The minimum absolute atomic E-state index is 0.0670. The van der Waals surface area contributed by atoms with Crippen LogP contribution >= 0.6 is 34.8 Å². The smallest absolute Gasteiger partial charge is 0.258 e. The molecule has 0 spiro atoms. The molecule has 5 nitrogen and oxygen atoms in total. The van der Waals surface area contributed by atoms with Gasteiger partial charge in [-0.3, -0.25) is 10.1 Å². The fraction of sp³-hybridized carbons (Fsp3) is 0.333. The van der Waals surface area contributed by atoms with Crippen molar-refractivity contribution in [2.24, 2.45) is 0 Å². The molecule has 0 heterocycles. The quantitative estimate of drug-likeness (QED) is 0.481. The summed E-state index contributed by atoms with van der Waals surface area (Å²) in [4.78, 5) is 9.55. The average molecular weight is 333 g/mol. The summed E-state index contributed by atoms with van der Waals surface area (Å²) in [6, 6.07) is 1.89. The summed E-state index contributed by atoms with van der Waals surface area (Å²) >= 11 is 16.8. The van der Waals surface area contributed by atoms with E-state index in [1.54, 1.807) is 0 Å². The van der Waals surface area contributed by atoms with Crippen molar-refractivity contribution in [3.8, 4) is 0 Å². The van der Waals surface area contributed by atoms with Crippen LogP contribution < -0.4 is 0 Å². The zero-order valence-corrected chi connectivity index (χ0v) is 12.1. The highest BCUT2D eigenvalue weighted by Gasteiger charge is 2.31. The number of sulfone groups is 1. The van der Waals surface area contributed by atoms with Crippen LogP contribution in [0.2, 0.25) is 10.0 Å². The monoisotopic (exact) mass is 331 g/mol. The highest BCUT2D eigenvalue weighted by Crippen LogP contribution is 2.34. The molecule has 0 radical (unpaired) electrons. The van der Waals surface area contributed by atoms with Crippen molar-refractivity contribution in [2.45, 2.75) is 17.1 Å². The number of nitrogens with zero attached hydrogens (tertiary/aromatic N) is 1. The molecule has 100 valence electrons. The van der Waals surface area contributed by atoms with Gasteiger partial charge in [0.05, 0.1) is 20.2 Å². The lowest BCUT2D eigenvalue weighted by atomic mass is 10.3. The second-order valence-corrected chi connectivity index (χ2v) is 6.96. The van der Waals surface area contributed by atoms with E-state index in [4.69, 9.17) is 34.8 Å². The fourth-order valence-electron chi connectivity index (χ4n) is 1.19. The lowest BCUT2D eigenvalue weighted by molar-refractivity contribution is -0.387. The van der Waals surface area contributed by atoms with Gasteiger partial charge in [-0.2, -0.15) is 0 Å². The van der Waals surface area contributed by atoms with Crippen molar-refractivity contribution in [3.63, 3.8) is 0 Å². The summed E-state index contributed by atoms with van der Waals surface area (Å²) in [5.74, 6) is -0.181. The first-order valence-electron chi connectivity index (χ1n) is 4.65. The van der Waals surface area contributed by atoms with Gasteiger partial charge >= 0.3 is 0 Å². The molecule has 9 heteroatoms. The molecule has 0 aromatic heterocycles. The topological polar surface area (TPSA) is 77.3 Å². The Bertz CT molecular complexity index is 588. The van der Waals surface area contributed by atoms with Gasteiger partial charge in [-0.15, -0.1) is 11.6 Å². The maximum atomic E-state index is 12.1. The molecular formula is C9H8Cl3NO4S. The van der Waals surface area contributed by atoms with Gasteiger partial charge in [-0.25, -0.2) is 8.42 Å². The van der Waals surface area contributed by atoms with Crippen LogP contribution in [-0.4, -0.2) is 24.5 Å². The van der Waals surface area contributed by atoms with E-state index in [1.165, 1.54) is 6.92 Å². The first kappa shape index (κ1) is 15.5. The summed E-state index contributed by atoms with van der Waals surface area (Å²) in [6.45, 7) is 1.36. The molecule has 0 amide bonds. The molecule has 1 atom stereocenters. The van der Waals surface area contributed by atoms with E-state index in [0.717, 1.165) is 12.1 Å². The third kappa shape index (κ3) is 2.88. The Balaban J connectivity index is 3.59. The van der Waals surface area contributed by atoms with Crippen molar-refractivity contribution < 1.29 is 13.3 Å². The first-order chi connectivity index (χ1) is 8.21. The molecule has 0 saturated carbocycles. The summed E-state index contributed by atoms with van der Waals surface area (Å²) in [5.41, 5.74) is -0.610. The summed E-state index contributed by atoms with van der Waals surface area (Å²) in [5, 5.41) is 9.74. The molecule has 0 aliphatic heterocycles. The predicted molar refractivity (Wildman–Crippen MR) is 70.5 cm³/mol. The number of benzene rings is 1. The third-order valence-corrected chi connectivity index (χ3v) is 5.79. The standard InChI is InChI=1S/C9H8Cl3NO4S/c1-5(4-10)18(16,17)9-3-7(12)6(11)2-8(9)13(14)15/h2-3,5H,4H2,1H3. The van der Waals surface area contributed by atoms with Crippen LogP contribution in [0.5, 0.6) is 0 Å². The average Bonchev–Trinajstić information content (AvgIpc) is 2.30. The largest absolute Gasteiger partial charge is 0.289 e. The predicted octanol–water partition coefficient (Wildman–Crippen LogP) is 3.30. The molecule has 1 rings (SSSR count). The van der Waals surface area contributed by atoms with E-state index in [2.05, 4.69) is 0 Å². The second-order valence-electron chi connectivity index (χ2n) is 3.50. The van der Waals surface area contributed by atoms with Crippen LogP contribution in [0.4, 0.5) is 5.69 Å². The van der Waals surface area contributed by atoms with Gasteiger partial charge in [0.2, 0.25) is 0 Å². The third-order valence-electron chi connectivity index (χ3n) is 2.25. The molecule has 1 aromatic rings. The Labute approximate surface area is 119 Å². The van der Waals surface area contributed by atoms with E-state index in [0.29, 0.717) is 0 Å². The van der Waals surface area contributed by atoms with E-state index in [-0.39, 0.29) is 15.9 Å². The van der Waals surface area contributed by atoms with Crippen LogP contribution in [0.3, 0.4) is 0 Å².